The van der Waals surface area contributed by atoms with Crippen molar-refractivity contribution in [2.24, 2.45) is 0 Å². The predicted molar refractivity (Wildman–Crippen MR) is 61.7 cm³/mol. The fourth-order valence-electron chi connectivity index (χ4n) is 1.26. The lowest BCUT2D eigenvalue weighted by molar-refractivity contribution is 1.05. The normalized spacial score (nSPS) is 10.2. The van der Waals surface area contributed by atoms with Crippen molar-refractivity contribution in [3.05, 3.63) is 42.4 Å². The van der Waals surface area contributed by atoms with Crippen LogP contribution in [0.5, 0.6) is 0 Å². The van der Waals surface area contributed by atoms with E-state index < -0.39 is 0 Å². The van der Waals surface area contributed by atoms with E-state index in [1.807, 2.05) is 31.2 Å². The number of nitrogens with two attached hydrogens (primary N) is 1. The fraction of sp³-hybridized carbons (Fsp3) is 0.0909. The zero-order chi connectivity index (χ0) is 10.7. The molecule has 0 fully saturated rings. The van der Waals surface area contributed by atoms with Crippen LogP contribution in [0.3, 0.4) is 0 Å². The Labute approximate surface area is 92.8 Å². The van der Waals surface area contributed by atoms with Gasteiger partial charge >= 0.3 is 0 Å². The van der Waals surface area contributed by atoms with Crippen LogP contribution in [0, 0.1) is 6.92 Å². The highest BCUT2D eigenvalue weighted by Crippen LogP contribution is 2.32. The zero-order valence-corrected chi connectivity index (χ0v) is 9.16. The van der Waals surface area contributed by atoms with Crippen LogP contribution in [0.25, 0.3) is 0 Å². The number of hydrogen-bond donors (Lipinski definition) is 1. The number of nitrogen functional groups attached to an aromatic ring is 1. The van der Waals surface area contributed by atoms with Gasteiger partial charge in [0.1, 0.15) is 11.4 Å². The van der Waals surface area contributed by atoms with E-state index in [0.29, 0.717) is 0 Å². The minimum atomic E-state index is 0.790. The molecule has 15 heavy (non-hydrogen) atoms. The lowest BCUT2D eigenvalue weighted by atomic mass is 10.2. The Morgan fingerprint density at radius 1 is 1.27 bits per heavy atom. The molecule has 0 radical (unpaired) electrons. The Bertz CT molecular complexity index is 436. The third-order valence-corrected chi connectivity index (χ3v) is 3.22. The first-order chi connectivity index (χ1) is 7.27. The van der Waals surface area contributed by atoms with Crippen LogP contribution < -0.4 is 5.73 Å². The molecule has 2 N–H and O–H groups in total. The third-order valence-electron chi connectivity index (χ3n) is 2.00. The van der Waals surface area contributed by atoms with Gasteiger partial charge in [-0.15, -0.1) is 0 Å². The Morgan fingerprint density at radius 2 is 2.13 bits per heavy atom. The van der Waals surface area contributed by atoms with Crippen molar-refractivity contribution in [1.82, 2.24) is 9.97 Å². The molecule has 1 aromatic heterocycles. The molecule has 3 nitrogen and oxygen atoms in total. The van der Waals surface area contributed by atoms with Crippen molar-refractivity contribution in [2.75, 3.05) is 5.73 Å². The first-order valence-electron chi connectivity index (χ1n) is 4.56. The molecule has 1 aromatic carbocycles. The first kappa shape index (κ1) is 9.98. The largest absolute Gasteiger partial charge is 0.398 e. The summed E-state index contributed by atoms with van der Waals surface area (Å²) in [6.45, 7) is 2.04. The number of hydrogen-bond acceptors (Lipinski definition) is 4. The molecule has 0 atom stereocenters. The van der Waals surface area contributed by atoms with Gasteiger partial charge in [-0.05, 0) is 24.6 Å². The number of aromatic nitrogens is 2. The van der Waals surface area contributed by atoms with Gasteiger partial charge in [0.2, 0.25) is 0 Å². The number of anilines is 1. The van der Waals surface area contributed by atoms with E-state index in [9.17, 15) is 0 Å². The second-order valence-corrected chi connectivity index (χ2v) is 4.17. The Hall–Kier alpha value is -1.55. The first-order valence-corrected chi connectivity index (χ1v) is 5.38. The highest BCUT2D eigenvalue weighted by atomic mass is 32.2. The summed E-state index contributed by atoms with van der Waals surface area (Å²) in [5.41, 5.74) is 7.86. The smallest absolute Gasteiger partial charge is 0.116 e. The van der Waals surface area contributed by atoms with E-state index in [-0.39, 0.29) is 0 Å². The molecule has 0 aliphatic heterocycles. The van der Waals surface area contributed by atoms with Gasteiger partial charge in [0.05, 0.1) is 0 Å². The van der Waals surface area contributed by atoms with Crippen LogP contribution >= 0.6 is 11.8 Å². The summed E-state index contributed by atoms with van der Waals surface area (Å²) < 4.78 is 0. The maximum absolute atomic E-state index is 5.90. The van der Waals surface area contributed by atoms with Crippen molar-refractivity contribution in [1.29, 1.82) is 0 Å². The van der Waals surface area contributed by atoms with E-state index >= 15 is 0 Å². The summed E-state index contributed by atoms with van der Waals surface area (Å²) in [5, 5.41) is 0.908. The van der Waals surface area contributed by atoms with Gasteiger partial charge in [0.25, 0.3) is 0 Å². The van der Waals surface area contributed by atoms with E-state index in [2.05, 4.69) is 9.97 Å². The molecule has 0 amide bonds. The summed E-state index contributed by atoms with van der Waals surface area (Å²) in [6.07, 6.45) is 3.26. The van der Waals surface area contributed by atoms with Gasteiger partial charge in [0, 0.05) is 16.8 Å². The van der Waals surface area contributed by atoms with Crippen molar-refractivity contribution in [3.63, 3.8) is 0 Å². The number of benzene rings is 1. The van der Waals surface area contributed by atoms with Crippen LogP contribution in [0.2, 0.25) is 0 Å². The molecule has 0 saturated carbocycles. The van der Waals surface area contributed by atoms with Gasteiger partial charge in [-0.25, -0.2) is 9.97 Å². The average molecular weight is 217 g/mol. The summed E-state index contributed by atoms with van der Waals surface area (Å²) in [5.74, 6) is 0. The molecular weight excluding hydrogens is 206 g/mol. The zero-order valence-electron chi connectivity index (χ0n) is 8.34. The maximum atomic E-state index is 5.90. The van der Waals surface area contributed by atoms with E-state index in [1.165, 1.54) is 11.9 Å². The van der Waals surface area contributed by atoms with Crippen LogP contribution in [0.1, 0.15) is 5.56 Å². The van der Waals surface area contributed by atoms with E-state index in [1.54, 1.807) is 18.0 Å². The molecule has 0 aliphatic carbocycles. The minimum Gasteiger partial charge on any atom is -0.398 e. The van der Waals surface area contributed by atoms with E-state index in [0.717, 1.165) is 15.6 Å². The summed E-state index contributed by atoms with van der Waals surface area (Å²) >= 11 is 1.56. The fourth-order valence-corrected chi connectivity index (χ4v) is 2.11. The molecule has 0 unspecified atom stereocenters. The number of nitrogens with zero attached hydrogens (tertiary/aromatic N) is 2. The van der Waals surface area contributed by atoms with Crippen LogP contribution in [-0.2, 0) is 0 Å². The predicted octanol–water partition coefficient (Wildman–Crippen LogP) is 2.52. The Kier molecular flexibility index (Phi) is 2.87. The van der Waals surface area contributed by atoms with E-state index in [4.69, 9.17) is 5.73 Å². The van der Waals surface area contributed by atoms with Crippen molar-refractivity contribution < 1.29 is 0 Å². The molecule has 0 bridgehead atoms. The quantitative estimate of drug-likeness (QED) is 0.620. The minimum absolute atomic E-state index is 0.790. The molecule has 0 spiro atoms. The molecule has 0 aliphatic rings. The maximum Gasteiger partial charge on any atom is 0.116 e. The van der Waals surface area contributed by atoms with Gasteiger partial charge in [-0.1, -0.05) is 23.9 Å². The van der Waals surface area contributed by atoms with Crippen LogP contribution in [0.4, 0.5) is 5.69 Å². The number of rotatable bonds is 2. The lowest BCUT2D eigenvalue weighted by Crippen LogP contribution is -1.91. The summed E-state index contributed by atoms with van der Waals surface area (Å²) in [7, 11) is 0. The highest BCUT2D eigenvalue weighted by Gasteiger charge is 2.05. The van der Waals surface area contributed by atoms with Crippen molar-refractivity contribution in [2.45, 2.75) is 16.8 Å². The topological polar surface area (TPSA) is 51.8 Å². The summed E-state index contributed by atoms with van der Waals surface area (Å²) in [6, 6.07) is 7.77. The highest BCUT2D eigenvalue weighted by molar-refractivity contribution is 7.99. The number of aryl methyl sites for hydroxylation is 1. The summed E-state index contributed by atoms with van der Waals surface area (Å²) in [4.78, 5) is 9.09. The SMILES string of the molecule is Cc1cccc(N)c1Sc1ccncn1. The van der Waals surface area contributed by atoms with Crippen LogP contribution in [0.15, 0.2) is 46.7 Å². The standard InChI is InChI=1S/C11H11N3S/c1-8-3-2-4-9(12)11(8)15-10-5-6-13-7-14-10/h2-7H,12H2,1H3. The Morgan fingerprint density at radius 3 is 2.80 bits per heavy atom. The molecule has 2 rings (SSSR count). The van der Waals surface area contributed by atoms with Crippen LogP contribution in [-0.4, -0.2) is 9.97 Å². The van der Waals surface area contributed by atoms with Gasteiger partial charge in [-0.3, -0.25) is 0 Å². The average Bonchev–Trinajstić information content (AvgIpc) is 2.25. The van der Waals surface area contributed by atoms with Crippen molar-refractivity contribution >= 4 is 17.4 Å². The lowest BCUT2D eigenvalue weighted by Gasteiger charge is -2.07. The molecule has 76 valence electrons. The molecule has 4 heteroatoms. The Balaban J connectivity index is 2.32. The van der Waals surface area contributed by atoms with Crippen molar-refractivity contribution in [3.8, 4) is 0 Å². The van der Waals surface area contributed by atoms with Gasteiger partial charge in [-0.2, -0.15) is 0 Å². The van der Waals surface area contributed by atoms with Gasteiger partial charge in [0.15, 0.2) is 0 Å². The molecule has 2 aromatic rings. The monoisotopic (exact) mass is 217 g/mol. The molecular formula is C11H11N3S. The second-order valence-electron chi connectivity index (χ2n) is 3.14. The second kappa shape index (κ2) is 4.31. The third kappa shape index (κ3) is 2.27. The molecule has 1 heterocycles. The van der Waals surface area contributed by atoms with Gasteiger partial charge < -0.3 is 5.73 Å². The molecule has 0 saturated heterocycles.